The number of methoxy groups -OCH3 is 3. The summed E-state index contributed by atoms with van der Waals surface area (Å²) in [5, 5.41) is 26.2. The first kappa shape index (κ1) is 53.6. The topological polar surface area (TPSA) is 213 Å². The van der Waals surface area contributed by atoms with Crippen molar-refractivity contribution in [2.24, 2.45) is 11.8 Å². The van der Waals surface area contributed by atoms with Gasteiger partial charge in [0.25, 0.3) is 0 Å². The van der Waals surface area contributed by atoms with Crippen LogP contribution in [0.5, 0.6) is 0 Å². The lowest BCUT2D eigenvalue weighted by Crippen LogP contribution is -2.69. The number of nitrogens with zero attached hydrogens (tertiary/aromatic N) is 1. The zero-order valence-corrected chi connectivity index (χ0v) is 38.5. The Hall–Kier alpha value is -2.72. The number of esters is 2. The maximum Gasteiger partial charge on any atom is 0.309 e. The minimum absolute atomic E-state index is 0.0309. The van der Waals surface area contributed by atoms with Crippen LogP contribution in [-0.2, 0) is 71.3 Å². The number of cyclic esters (lactones) is 1. The second kappa shape index (κ2) is 25.7. The maximum absolute atomic E-state index is 14.1. The van der Waals surface area contributed by atoms with Gasteiger partial charge in [-0.05, 0) is 46.1 Å². The standard InChI is InChI=1S/C44H73NO17/c1-12-34(48)60-33-25-35(49)57-28(3)16-14-13-15-17-32(47)27(2)24-31(18-19-46)40(41(33)53-10)62-43-38(50)37(45(7,8)51)39(29(4)59-43)61-36-26-44(6,54-11)42(30(5)58-36)56-23-22-55-21-20-52-9/h13-15,17,19,27-31,33,36-43,50H,12,16,18,20-26H2,1-11H3/b14-13+,17-15+/t27-,28-,29-,30+,31+,33-,36+,37-,38-,39-,40+,41+,42+,43+,44-/m1/s1. The zero-order valence-electron chi connectivity index (χ0n) is 38.5. The average molecular weight is 888 g/mol. The summed E-state index contributed by atoms with van der Waals surface area (Å²) in [7, 11) is 7.23. The van der Waals surface area contributed by atoms with Gasteiger partial charge in [-0.1, -0.05) is 32.1 Å². The normalized spacial score (nSPS) is 37.9. The zero-order chi connectivity index (χ0) is 46.2. The summed E-state index contributed by atoms with van der Waals surface area (Å²) in [5.74, 6) is -2.98. The smallest absolute Gasteiger partial charge is 0.309 e. The van der Waals surface area contributed by atoms with Gasteiger partial charge >= 0.3 is 11.9 Å². The van der Waals surface area contributed by atoms with Gasteiger partial charge in [-0.25, -0.2) is 0 Å². The third-order valence-corrected chi connectivity index (χ3v) is 11.7. The Labute approximate surface area is 366 Å². The summed E-state index contributed by atoms with van der Waals surface area (Å²) < 4.78 is 65.0. The number of rotatable bonds is 18. The van der Waals surface area contributed by atoms with Crippen molar-refractivity contribution in [3.8, 4) is 0 Å². The molecule has 15 atom stereocenters. The molecule has 18 nitrogen and oxygen atoms in total. The van der Waals surface area contributed by atoms with Gasteiger partial charge in [0.15, 0.2) is 24.5 Å². The van der Waals surface area contributed by atoms with Crippen molar-refractivity contribution in [3.63, 3.8) is 0 Å². The molecule has 62 heavy (non-hydrogen) atoms. The number of ether oxygens (including phenoxy) is 11. The average Bonchev–Trinajstić information content (AvgIpc) is 3.20. The number of carbonyl (C=O) groups excluding carboxylic acids is 4. The number of aliphatic hydroxyl groups excluding tert-OH is 1. The summed E-state index contributed by atoms with van der Waals surface area (Å²) >= 11 is 0. The van der Waals surface area contributed by atoms with Gasteiger partial charge < -0.3 is 71.9 Å². The molecule has 1 N–H and O–H groups in total. The molecule has 356 valence electrons. The van der Waals surface area contributed by atoms with Crippen molar-refractivity contribution in [1.82, 2.24) is 0 Å². The van der Waals surface area contributed by atoms with Crippen LogP contribution in [0.3, 0.4) is 0 Å². The Balaban J connectivity index is 1.99. The van der Waals surface area contributed by atoms with E-state index >= 15 is 0 Å². The van der Waals surface area contributed by atoms with E-state index < -0.39 is 114 Å². The van der Waals surface area contributed by atoms with Gasteiger partial charge in [0, 0.05) is 52.9 Å². The highest BCUT2D eigenvalue weighted by molar-refractivity contribution is 5.91. The molecular weight excluding hydrogens is 814 g/mol. The predicted molar refractivity (Wildman–Crippen MR) is 223 cm³/mol. The molecule has 0 aromatic carbocycles. The van der Waals surface area contributed by atoms with E-state index in [0.29, 0.717) is 32.5 Å². The molecule has 2 saturated heterocycles. The number of hydrogen-bond acceptors (Lipinski definition) is 17. The van der Waals surface area contributed by atoms with Crippen LogP contribution in [-0.4, -0.2) is 175 Å². The van der Waals surface area contributed by atoms with Crippen molar-refractivity contribution >= 4 is 24.0 Å². The number of allylic oxidation sites excluding steroid dienone is 3. The van der Waals surface area contributed by atoms with Crippen LogP contribution < -0.4 is 0 Å². The fourth-order valence-electron chi connectivity index (χ4n) is 8.37. The molecule has 3 rings (SSSR count). The molecule has 0 spiro atoms. The number of hydroxylamine groups is 3. The van der Waals surface area contributed by atoms with Crippen LogP contribution >= 0.6 is 0 Å². The largest absolute Gasteiger partial charge is 0.633 e. The summed E-state index contributed by atoms with van der Waals surface area (Å²) in [6.07, 6.45) is -4.27. The molecule has 3 aliphatic heterocycles. The number of hydrogen-bond donors (Lipinski definition) is 1. The minimum atomic E-state index is -1.65. The van der Waals surface area contributed by atoms with E-state index in [1.54, 1.807) is 60.1 Å². The van der Waals surface area contributed by atoms with E-state index in [1.807, 2.05) is 13.8 Å². The molecular formula is C44H73NO17. The van der Waals surface area contributed by atoms with E-state index in [1.165, 1.54) is 27.3 Å². The minimum Gasteiger partial charge on any atom is -0.633 e. The van der Waals surface area contributed by atoms with E-state index in [4.69, 9.17) is 52.1 Å². The SMILES string of the molecule is CCC(=O)O[C@@H]1CC(=O)O[C@H](C)C/C=C/C=C/C(=O)[C@H](C)C[C@H](CC=O)[C@H](O[C@@H]2O[C@H](C)[C@@H](O[C@H]3C[C@@](C)(OC)[C@@H](OCCOCCOC)[C@H](C)O3)[C@H]([N+](C)(C)[O-])[C@H]2O)[C@H]1OC. The number of ketones is 1. The molecule has 0 unspecified atom stereocenters. The van der Waals surface area contributed by atoms with Crippen LogP contribution in [0.25, 0.3) is 0 Å². The van der Waals surface area contributed by atoms with Crippen LogP contribution in [0.2, 0.25) is 0 Å². The lowest BCUT2D eigenvalue weighted by Gasteiger charge is -2.54. The number of aliphatic hydroxyl groups is 1. The highest BCUT2D eigenvalue weighted by Gasteiger charge is 2.55. The third-order valence-electron chi connectivity index (χ3n) is 11.7. The molecule has 0 aliphatic carbocycles. The third kappa shape index (κ3) is 15.5. The molecule has 0 aromatic heterocycles. The Kier molecular flexibility index (Phi) is 22.2. The van der Waals surface area contributed by atoms with E-state index in [0.717, 1.165) is 0 Å². The van der Waals surface area contributed by atoms with Crippen molar-refractivity contribution in [2.75, 3.05) is 61.9 Å². The van der Waals surface area contributed by atoms with Crippen molar-refractivity contribution < 1.29 is 81.0 Å². The first-order valence-electron chi connectivity index (χ1n) is 21.6. The molecule has 0 bridgehead atoms. The van der Waals surface area contributed by atoms with Crippen LogP contribution in [0.1, 0.15) is 80.1 Å². The summed E-state index contributed by atoms with van der Waals surface area (Å²) in [4.78, 5) is 51.9. The number of quaternary nitrogens is 1. The quantitative estimate of drug-likeness (QED) is 0.0687. The molecule has 0 amide bonds. The van der Waals surface area contributed by atoms with Gasteiger partial charge in [-0.15, -0.1) is 0 Å². The molecule has 2 fully saturated rings. The fraction of sp³-hybridized carbons (Fsp3) is 0.818. The monoisotopic (exact) mass is 887 g/mol. The van der Waals surface area contributed by atoms with E-state index in [2.05, 4.69) is 0 Å². The van der Waals surface area contributed by atoms with Crippen molar-refractivity contribution in [2.45, 2.75) is 159 Å². The molecule has 0 radical (unpaired) electrons. The summed E-state index contributed by atoms with van der Waals surface area (Å²) in [6, 6.07) is -1.23. The first-order chi connectivity index (χ1) is 29.3. The second-order valence-electron chi connectivity index (χ2n) is 17.0. The van der Waals surface area contributed by atoms with Gasteiger partial charge in [0.05, 0.1) is 70.9 Å². The Morgan fingerprint density at radius 1 is 0.984 bits per heavy atom. The Morgan fingerprint density at radius 3 is 2.32 bits per heavy atom. The summed E-state index contributed by atoms with van der Waals surface area (Å²) in [5.41, 5.74) is -0.880. The number of carbonyl (C=O) groups is 4. The predicted octanol–water partition coefficient (Wildman–Crippen LogP) is 3.37. The lowest BCUT2D eigenvalue weighted by atomic mass is 9.83. The molecule has 3 heterocycles. The Bertz CT molecular complexity index is 1450. The Morgan fingerprint density at radius 2 is 1.69 bits per heavy atom. The van der Waals surface area contributed by atoms with Gasteiger partial charge in [-0.2, -0.15) is 0 Å². The van der Waals surface area contributed by atoms with Gasteiger partial charge in [-0.3, -0.25) is 14.4 Å². The first-order valence-corrected chi connectivity index (χ1v) is 21.6. The van der Waals surface area contributed by atoms with Crippen LogP contribution in [0.15, 0.2) is 24.3 Å². The van der Waals surface area contributed by atoms with Crippen LogP contribution in [0, 0.1) is 17.0 Å². The fourth-order valence-corrected chi connectivity index (χ4v) is 8.37. The van der Waals surface area contributed by atoms with E-state index in [-0.39, 0.29) is 38.1 Å². The molecule has 18 heteroatoms. The maximum atomic E-state index is 14.1. The van der Waals surface area contributed by atoms with Gasteiger partial charge in [0.2, 0.25) is 0 Å². The van der Waals surface area contributed by atoms with Crippen LogP contribution in [0.4, 0.5) is 0 Å². The van der Waals surface area contributed by atoms with Crippen molar-refractivity contribution in [1.29, 1.82) is 0 Å². The number of likely N-dealkylation sites (N-methyl/N-ethyl adjacent to an activating group) is 1. The highest BCUT2D eigenvalue weighted by Crippen LogP contribution is 2.39. The molecule has 3 aliphatic rings. The lowest BCUT2D eigenvalue weighted by molar-refractivity contribution is -0.879. The number of aldehydes is 1. The molecule has 0 aromatic rings. The van der Waals surface area contributed by atoms with Crippen molar-refractivity contribution in [3.05, 3.63) is 29.5 Å². The highest BCUT2D eigenvalue weighted by atomic mass is 16.7. The summed E-state index contributed by atoms with van der Waals surface area (Å²) in [6.45, 7) is 11.9. The van der Waals surface area contributed by atoms with E-state index in [9.17, 15) is 29.5 Å². The molecule has 0 saturated carbocycles. The second-order valence-corrected chi connectivity index (χ2v) is 17.0. The van der Waals surface area contributed by atoms with Gasteiger partial charge in [0.1, 0.15) is 42.8 Å².